The van der Waals surface area contributed by atoms with Gasteiger partial charge in [0, 0.05) is 13.7 Å². The van der Waals surface area contributed by atoms with Gasteiger partial charge in [0.1, 0.15) is 6.10 Å². The van der Waals surface area contributed by atoms with Crippen molar-refractivity contribution in [3.05, 3.63) is 0 Å². The number of esters is 1. The quantitative estimate of drug-likeness (QED) is 0.532. The van der Waals surface area contributed by atoms with Crippen molar-refractivity contribution in [3.63, 3.8) is 0 Å². The minimum atomic E-state index is -0.141. The summed E-state index contributed by atoms with van der Waals surface area (Å²) in [6.07, 6.45) is 5.88. The van der Waals surface area contributed by atoms with Gasteiger partial charge in [0.2, 0.25) is 0 Å². The predicted octanol–water partition coefficient (Wildman–Crippen LogP) is 1.10. The molecule has 1 aliphatic carbocycles. The van der Waals surface area contributed by atoms with Crippen LogP contribution in [0.1, 0.15) is 32.1 Å². The van der Waals surface area contributed by atoms with E-state index in [2.05, 4.69) is 5.32 Å². The third kappa shape index (κ3) is 5.74. The Morgan fingerprint density at radius 1 is 1.33 bits per heavy atom. The Hall–Kier alpha value is -0.610. The molecule has 0 spiro atoms. The SMILES string of the molecule is COCCNCC(=O)OC1CCCCC1. The third-order valence-corrected chi connectivity index (χ3v) is 2.60. The second-order valence-corrected chi connectivity index (χ2v) is 3.92. The molecule has 0 radical (unpaired) electrons. The topological polar surface area (TPSA) is 47.6 Å². The highest BCUT2D eigenvalue weighted by molar-refractivity contribution is 5.71. The second-order valence-electron chi connectivity index (χ2n) is 3.92. The molecule has 1 N–H and O–H groups in total. The van der Waals surface area contributed by atoms with Crippen molar-refractivity contribution in [2.75, 3.05) is 26.8 Å². The van der Waals surface area contributed by atoms with E-state index in [1.54, 1.807) is 7.11 Å². The lowest BCUT2D eigenvalue weighted by atomic mass is 9.98. The highest BCUT2D eigenvalue weighted by Crippen LogP contribution is 2.20. The first-order chi connectivity index (χ1) is 7.33. The van der Waals surface area contributed by atoms with E-state index in [1.807, 2.05) is 0 Å². The molecule has 1 fully saturated rings. The van der Waals surface area contributed by atoms with Crippen LogP contribution in [0.15, 0.2) is 0 Å². The maximum absolute atomic E-state index is 11.3. The lowest BCUT2D eigenvalue weighted by molar-refractivity contribution is -0.149. The average Bonchev–Trinajstić information content (AvgIpc) is 2.26. The van der Waals surface area contributed by atoms with Crippen molar-refractivity contribution >= 4 is 5.97 Å². The third-order valence-electron chi connectivity index (χ3n) is 2.60. The summed E-state index contributed by atoms with van der Waals surface area (Å²) in [5.74, 6) is -0.141. The molecule has 0 unspecified atom stereocenters. The molecular weight excluding hydrogens is 194 g/mol. The standard InChI is InChI=1S/C11H21NO3/c1-14-8-7-12-9-11(13)15-10-5-3-2-4-6-10/h10,12H,2-9H2,1H3. The minimum Gasteiger partial charge on any atom is -0.461 e. The van der Waals surface area contributed by atoms with Gasteiger partial charge in [0.15, 0.2) is 0 Å². The first-order valence-corrected chi connectivity index (χ1v) is 5.72. The van der Waals surface area contributed by atoms with E-state index in [0.29, 0.717) is 19.7 Å². The number of hydrogen-bond acceptors (Lipinski definition) is 4. The van der Waals surface area contributed by atoms with Gasteiger partial charge in [-0.15, -0.1) is 0 Å². The smallest absolute Gasteiger partial charge is 0.320 e. The predicted molar refractivity (Wildman–Crippen MR) is 57.7 cm³/mol. The summed E-state index contributed by atoms with van der Waals surface area (Å²) in [5, 5.41) is 2.98. The number of rotatable bonds is 6. The first-order valence-electron chi connectivity index (χ1n) is 5.72. The van der Waals surface area contributed by atoms with Crippen LogP contribution < -0.4 is 5.32 Å². The van der Waals surface area contributed by atoms with Crippen molar-refractivity contribution in [3.8, 4) is 0 Å². The zero-order valence-electron chi connectivity index (χ0n) is 9.46. The number of ether oxygens (including phenoxy) is 2. The van der Waals surface area contributed by atoms with E-state index < -0.39 is 0 Å². The van der Waals surface area contributed by atoms with Gasteiger partial charge < -0.3 is 14.8 Å². The Kier molecular flexibility index (Phi) is 6.36. The zero-order chi connectivity index (χ0) is 10.9. The summed E-state index contributed by atoms with van der Waals surface area (Å²) in [6, 6.07) is 0. The Morgan fingerprint density at radius 3 is 2.73 bits per heavy atom. The number of hydrogen-bond donors (Lipinski definition) is 1. The lowest BCUT2D eigenvalue weighted by Crippen LogP contribution is -2.31. The number of nitrogens with one attached hydrogen (secondary N) is 1. The molecule has 0 bridgehead atoms. The molecule has 1 rings (SSSR count). The van der Waals surface area contributed by atoms with Crippen LogP contribution in [0.25, 0.3) is 0 Å². The van der Waals surface area contributed by atoms with Crippen LogP contribution in [0, 0.1) is 0 Å². The molecule has 0 aromatic carbocycles. The number of carbonyl (C=O) groups excluding carboxylic acids is 1. The van der Waals surface area contributed by atoms with Crippen molar-refractivity contribution in [1.82, 2.24) is 5.32 Å². The van der Waals surface area contributed by atoms with Crippen LogP contribution in [0.4, 0.5) is 0 Å². The molecule has 15 heavy (non-hydrogen) atoms. The molecule has 1 aliphatic rings. The molecule has 0 amide bonds. The van der Waals surface area contributed by atoms with Crippen molar-refractivity contribution in [2.45, 2.75) is 38.2 Å². The summed E-state index contributed by atoms with van der Waals surface area (Å²) < 4.78 is 10.2. The highest BCUT2D eigenvalue weighted by Gasteiger charge is 2.16. The maximum atomic E-state index is 11.3. The van der Waals surface area contributed by atoms with Gasteiger partial charge in [0.05, 0.1) is 13.2 Å². The molecule has 0 atom stereocenters. The maximum Gasteiger partial charge on any atom is 0.320 e. The minimum absolute atomic E-state index is 0.141. The van der Waals surface area contributed by atoms with Crippen LogP contribution in [-0.2, 0) is 14.3 Å². The molecular formula is C11H21NO3. The largest absolute Gasteiger partial charge is 0.461 e. The summed E-state index contributed by atoms with van der Waals surface area (Å²) >= 11 is 0. The summed E-state index contributed by atoms with van der Waals surface area (Å²) in [7, 11) is 1.64. The zero-order valence-corrected chi connectivity index (χ0v) is 9.46. The van der Waals surface area contributed by atoms with Crippen LogP contribution in [0.2, 0.25) is 0 Å². The fraction of sp³-hybridized carbons (Fsp3) is 0.909. The summed E-state index contributed by atoms with van der Waals surface area (Å²) in [5.41, 5.74) is 0. The van der Waals surface area contributed by atoms with Gasteiger partial charge in [-0.25, -0.2) is 0 Å². The van der Waals surface area contributed by atoms with E-state index >= 15 is 0 Å². The Bertz CT molecular complexity index is 179. The Balaban J connectivity index is 2.01. The van der Waals surface area contributed by atoms with E-state index in [4.69, 9.17) is 9.47 Å². The summed E-state index contributed by atoms with van der Waals surface area (Å²) in [4.78, 5) is 11.3. The highest BCUT2D eigenvalue weighted by atomic mass is 16.5. The van der Waals surface area contributed by atoms with Gasteiger partial charge >= 0.3 is 5.97 Å². The lowest BCUT2D eigenvalue weighted by Gasteiger charge is -2.21. The normalized spacial score (nSPS) is 17.7. The van der Waals surface area contributed by atoms with Gasteiger partial charge in [-0.2, -0.15) is 0 Å². The van der Waals surface area contributed by atoms with E-state index in [-0.39, 0.29) is 12.1 Å². The van der Waals surface area contributed by atoms with Crippen molar-refractivity contribution < 1.29 is 14.3 Å². The van der Waals surface area contributed by atoms with Gasteiger partial charge in [-0.3, -0.25) is 4.79 Å². The van der Waals surface area contributed by atoms with Crippen LogP contribution in [0.3, 0.4) is 0 Å². The Labute approximate surface area is 91.3 Å². The van der Waals surface area contributed by atoms with Gasteiger partial charge in [-0.05, 0) is 25.7 Å². The molecule has 0 aromatic rings. The first kappa shape index (κ1) is 12.5. The molecule has 4 nitrogen and oxygen atoms in total. The molecule has 0 aromatic heterocycles. The molecule has 88 valence electrons. The second kappa shape index (κ2) is 7.65. The number of methoxy groups -OCH3 is 1. The Morgan fingerprint density at radius 2 is 2.07 bits per heavy atom. The summed E-state index contributed by atoms with van der Waals surface area (Å²) in [6.45, 7) is 1.60. The average molecular weight is 215 g/mol. The molecule has 0 heterocycles. The van der Waals surface area contributed by atoms with Crippen molar-refractivity contribution in [1.29, 1.82) is 0 Å². The van der Waals surface area contributed by atoms with Crippen molar-refractivity contribution in [2.24, 2.45) is 0 Å². The fourth-order valence-corrected chi connectivity index (χ4v) is 1.78. The van der Waals surface area contributed by atoms with Crippen LogP contribution in [-0.4, -0.2) is 38.9 Å². The van der Waals surface area contributed by atoms with Gasteiger partial charge in [0.25, 0.3) is 0 Å². The van der Waals surface area contributed by atoms with Crippen LogP contribution >= 0.6 is 0 Å². The van der Waals surface area contributed by atoms with Gasteiger partial charge in [-0.1, -0.05) is 6.42 Å². The van der Waals surface area contributed by atoms with E-state index in [9.17, 15) is 4.79 Å². The van der Waals surface area contributed by atoms with E-state index in [0.717, 1.165) is 12.8 Å². The molecule has 0 saturated heterocycles. The monoisotopic (exact) mass is 215 g/mol. The van der Waals surface area contributed by atoms with Crippen LogP contribution in [0.5, 0.6) is 0 Å². The van der Waals surface area contributed by atoms with E-state index in [1.165, 1.54) is 19.3 Å². The fourth-order valence-electron chi connectivity index (χ4n) is 1.78. The number of carbonyl (C=O) groups is 1. The molecule has 0 aliphatic heterocycles. The molecule has 1 saturated carbocycles. The molecule has 4 heteroatoms.